The zero-order valence-electron chi connectivity index (χ0n) is 9.50. The molecule has 6 nitrogen and oxygen atoms in total. The van der Waals surface area contributed by atoms with Gasteiger partial charge in [0.15, 0.2) is 0 Å². The van der Waals surface area contributed by atoms with Crippen LogP contribution in [0.2, 0.25) is 0 Å². The normalized spacial score (nSPS) is 24.8. The van der Waals surface area contributed by atoms with E-state index in [9.17, 15) is 10.1 Å². The van der Waals surface area contributed by atoms with Crippen LogP contribution in [0.15, 0.2) is 10.7 Å². The summed E-state index contributed by atoms with van der Waals surface area (Å²) in [4.78, 5) is 10.2. The highest BCUT2D eigenvalue weighted by atomic mass is 79.9. The van der Waals surface area contributed by atoms with Gasteiger partial charge in [-0.05, 0) is 46.5 Å². The van der Waals surface area contributed by atoms with Gasteiger partial charge in [-0.25, -0.2) is 0 Å². The number of ether oxygens (including phenoxy) is 1. The lowest BCUT2D eigenvalue weighted by molar-refractivity contribution is -0.390. The minimum absolute atomic E-state index is 0.121. The third-order valence-electron chi connectivity index (χ3n) is 3.15. The van der Waals surface area contributed by atoms with Crippen LogP contribution < -0.4 is 0 Å². The van der Waals surface area contributed by atoms with Crippen molar-refractivity contribution in [1.82, 2.24) is 9.78 Å². The SMILES string of the molecule is COC1CCCC(n2cc(Br)c([N+](=O)[O-])n2)C1. The monoisotopic (exact) mass is 303 g/mol. The number of rotatable bonds is 3. The predicted molar refractivity (Wildman–Crippen MR) is 64.9 cm³/mol. The molecule has 1 aliphatic carbocycles. The van der Waals surface area contributed by atoms with Gasteiger partial charge in [-0.1, -0.05) is 0 Å². The van der Waals surface area contributed by atoms with Crippen LogP contribution in [-0.4, -0.2) is 27.9 Å². The van der Waals surface area contributed by atoms with E-state index in [0.717, 1.165) is 25.7 Å². The summed E-state index contributed by atoms with van der Waals surface area (Å²) in [5, 5.41) is 14.7. The molecule has 0 aliphatic heterocycles. The second kappa shape index (κ2) is 5.14. The van der Waals surface area contributed by atoms with Crippen molar-refractivity contribution in [3.8, 4) is 0 Å². The Morgan fingerprint density at radius 2 is 2.41 bits per heavy atom. The first-order valence-electron chi connectivity index (χ1n) is 5.53. The fraction of sp³-hybridized carbons (Fsp3) is 0.700. The number of hydrogen-bond acceptors (Lipinski definition) is 4. The maximum absolute atomic E-state index is 10.7. The summed E-state index contributed by atoms with van der Waals surface area (Å²) in [7, 11) is 1.70. The van der Waals surface area contributed by atoms with E-state index in [1.54, 1.807) is 18.0 Å². The molecule has 0 spiro atoms. The predicted octanol–water partition coefficient (Wildman–Crippen LogP) is 2.68. The third-order valence-corrected chi connectivity index (χ3v) is 3.71. The summed E-state index contributed by atoms with van der Waals surface area (Å²) in [5.74, 6) is -0.121. The molecule has 94 valence electrons. The Balaban J connectivity index is 2.16. The minimum Gasteiger partial charge on any atom is -0.381 e. The molecular weight excluding hydrogens is 290 g/mol. The lowest BCUT2D eigenvalue weighted by Crippen LogP contribution is -2.24. The van der Waals surface area contributed by atoms with Gasteiger partial charge in [0.1, 0.15) is 4.47 Å². The number of nitrogens with zero attached hydrogens (tertiary/aromatic N) is 3. The van der Waals surface area contributed by atoms with Crippen molar-refractivity contribution < 1.29 is 9.66 Å². The van der Waals surface area contributed by atoms with E-state index >= 15 is 0 Å². The topological polar surface area (TPSA) is 70.2 Å². The molecule has 2 unspecified atom stereocenters. The van der Waals surface area contributed by atoms with Crippen LogP contribution in [0.1, 0.15) is 31.7 Å². The number of aromatic nitrogens is 2. The van der Waals surface area contributed by atoms with Crippen molar-refractivity contribution in [3.63, 3.8) is 0 Å². The maximum Gasteiger partial charge on any atom is 0.404 e. The first kappa shape index (κ1) is 12.5. The second-order valence-corrected chi connectivity index (χ2v) is 5.07. The minimum atomic E-state index is -0.475. The van der Waals surface area contributed by atoms with Crippen LogP contribution in [0.5, 0.6) is 0 Å². The molecule has 0 bridgehead atoms. The summed E-state index contributed by atoms with van der Waals surface area (Å²) >= 11 is 3.16. The van der Waals surface area contributed by atoms with Crippen molar-refractivity contribution in [1.29, 1.82) is 0 Å². The summed E-state index contributed by atoms with van der Waals surface area (Å²) in [6, 6.07) is 0.193. The van der Waals surface area contributed by atoms with Gasteiger partial charge in [-0.15, -0.1) is 0 Å². The molecule has 2 rings (SSSR count). The Hall–Kier alpha value is -0.950. The molecule has 1 heterocycles. The Morgan fingerprint density at radius 1 is 1.65 bits per heavy atom. The molecular formula is C10H14BrN3O3. The van der Waals surface area contributed by atoms with Crippen molar-refractivity contribution in [2.45, 2.75) is 37.8 Å². The van der Waals surface area contributed by atoms with Crippen LogP contribution in [-0.2, 0) is 4.74 Å². The highest BCUT2D eigenvalue weighted by molar-refractivity contribution is 9.10. The second-order valence-electron chi connectivity index (χ2n) is 4.22. The van der Waals surface area contributed by atoms with Gasteiger partial charge in [0, 0.05) is 7.11 Å². The van der Waals surface area contributed by atoms with Gasteiger partial charge in [0.05, 0.1) is 23.4 Å². The molecule has 1 aliphatic rings. The Kier molecular flexibility index (Phi) is 3.78. The smallest absolute Gasteiger partial charge is 0.381 e. The Labute approximate surface area is 107 Å². The van der Waals surface area contributed by atoms with Crippen molar-refractivity contribution in [3.05, 3.63) is 20.8 Å². The number of methoxy groups -OCH3 is 1. The molecule has 0 saturated heterocycles. The van der Waals surface area contributed by atoms with Crippen molar-refractivity contribution >= 4 is 21.7 Å². The molecule has 1 fully saturated rings. The number of nitro groups is 1. The van der Waals surface area contributed by atoms with Gasteiger partial charge in [0.2, 0.25) is 0 Å². The highest BCUT2D eigenvalue weighted by Crippen LogP contribution is 2.32. The van der Waals surface area contributed by atoms with E-state index in [1.165, 1.54) is 0 Å². The van der Waals surface area contributed by atoms with Crippen LogP contribution in [0.25, 0.3) is 0 Å². The fourth-order valence-electron chi connectivity index (χ4n) is 2.25. The molecule has 1 aromatic heterocycles. The van der Waals surface area contributed by atoms with Crippen LogP contribution >= 0.6 is 15.9 Å². The third kappa shape index (κ3) is 2.66. The molecule has 1 aromatic rings. The van der Waals surface area contributed by atoms with E-state index in [4.69, 9.17) is 4.74 Å². The van der Waals surface area contributed by atoms with E-state index in [2.05, 4.69) is 21.0 Å². The molecule has 0 N–H and O–H groups in total. The Morgan fingerprint density at radius 3 is 3.00 bits per heavy atom. The van der Waals surface area contributed by atoms with Gasteiger partial charge >= 0.3 is 5.82 Å². The average molecular weight is 304 g/mol. The summed E-state index contributed by atoms with van der Waals surface area (Å²) in [6.07, 6.45) is 5.88. The van der Waals surface area contributed by atoms with Crippen LogP contribution in [0.4, 0.5) is 5.82 Å². The lowest BCUT2D eigenvalue weighted by atomic mass is 9.93. The van der Waals surface area contributed by atoms with Crippen LogP contribution in [0.3, 0.4) is 0 Å². The molecule has 17 heavy (non-hydrogen) atoms. The molecule has 0 amide bonds. The molecule has 1 saturated carbocycles. The maximum atomic E-state index is 10.7. The molecule has 7 heteroatoms. The quantitative estimate of drug-likeness (QED) is 0.636. The van der Waals surface area contributed by atoms with Crippen molar-refractivity contribution in [2.75, 3.05) is 7.11 Å². The van der Waals surface area contributed by atoms with Gasteiger partial charge in [0.25, 0.3) is 0 Å². The van der Waals surface area contributed by atoms with E-state index in [1.807, 2.05) is 0 Å². The average Bonchev–Trinajstić information content (AvgIpc) is 2.71. The van der Waals surface area contributed by atoms with Gasteiger partial charge in [-0.3, -0.25) is 0 Å². The summed E-state index contributed by atoms with van der Waals surface area (Å²) in [5.41, 5.74) is 0. The fourth-order valence-corrected chi connectivity index (χ4v) is 2.68. The lowest BCUT2D eigenvalue weighted by Gasteiger charge is -2.26. The van der Waals surface area contributed by atoms with Gasteiger partial charge in [-0.2, -0.15) is 4.68 Å². The first-order valence-corrected chi connectivity index (χ1v) is 6.33. The van der Waals surface area contributed by atoms with Crippen LogP contribution in [0, 0.1) is 10.1 Å². The van der Waals surface area contributed by atoms with Gasteiger partial charge < -0.3 is 14.9 Å². The standard InChI is InChI=1S/C10H14BrN3O3/c1-17-8-4-2-3-7(5-8)13-6-9(11)10(12-13)14(15)16/h6-8H,2-5H2,1H3. The van der Waals surface area contributed by atoms with Crippen molar-refractivity contribution in [2.24, 2.45) is 0 Å². The highest BCUT2D eigenvalue weighted by Gasteiger charge is 2.28. The summed E-state index contributed by atoms with van der Waals surface area (Å²) < 4.78 is 7.46. The zero-order chi connectivity index (χ0) is 12.4. The molecule has 0 radical (unpaired) electrons. The summed E-state index contributed by atoms with van der Waals surface area (Å²) in [6.45, 7) is 0. The molecule has 0 aromatic carbocycles. The van der Waals surface area contributed by atoms with E-state index in [0.29, 0.717) is 4.47 Å². The zero-order valence-corrected chi connectivity index (χ0v) is 11.1. The molecule has 2 atom stereocenters. The van der Waals surface area contributed by atoms with E-state index in [-0.39, 0.29) is 18.0 Å². The first-order chi connectivity index (χ1) is 8.11. The Bertz CT molecular complexity index is 421. The number of halogens is 1. The van der Waals surface area contributed by atoms with E-state index < -0.39 is 4.92 Å². The number of hydrogen-bond donors (Lipinski definition) is 0. The largest absolute Gasteiger partial charge is 0.404 e.